The average molecular weight is 343 g/mol. The molecule has 5 nitrogen and oxygen atoms in total. The summed E-state index contributed by atoms with van der Waals surface area (Å²) in [5.74, 6) is 0.251. The van der Waals surface area contributed by atoms with Crippen LogP contribution in [0.15, 0.2) is 21.6 Å². The lowest BCUT2D eigenvalue weighted by Crippen LogP contribution is -2.35. The van der Waals surface area contributed by atoms with E-state index in [9.17, 15) is 5.11 Å². The van der Waals surface area contributed by atoms with Crippen molar-refractivity contribution in [1.29, 1.82) is 0 Å². The molecule has 1 fully saturated rings. The van der Waals surface area contributed by atoms with E-state index in [2.05, 4.69) is 25.8 Å². The van der Waals surface area contributed by atoms with Crippen LogP contribution in [0.25, 0.3) is 0 Å². The number of hydrogen-bond donors (Lipinski definition) is 2. The van der Waals surface area contributed by atoms with E-state index in [1.54, 1.807) is 6.21 Å². The predicted octanol–water partition coefficient (Wildman–Crippen LogP) is 1.40. The lowest BCUT2D eigenvalue weighted by molar-refractivity contribution is 0.0339. The molecule has 0 saturated carbocycles. The third-order valence-electron chi connectivity index (χ3n) is 3.14. The summed E-state index contributed by atoms with van der Waals surface area (Å²) in [6, 6.07) is 3.74. The molecule has 0 unspecified atom stereocenters. The molecule has 2 N–H and O–H groups in total. The molecule has 0 bridgehead atoms. The van der Waals surface area contributed by atoms with Gasteiger partial charge in [0.05, 0.1) is 26.4 Å². The highest BCUT2D eigenvalue weighted by atomic mass is 79.9. The Morgan fingerprint density at radius 3 is 2.80 bits per heavy atom. The van der Waals surface area contributed by atoms with Crippen molar-refractivity contribution in [2.75, 3.05) is 39.5 Å². The van der Waals surface area contributed by atoms with Crippen molar-refractivity contribution in [3.05, 3.63) is 27.7 Å². The van der Waals surface area contributed by atoms with Gasteiger partial charge in [-0.1, -0.05) is 15.9 Å². The molecule has 0 aromatic heterocycles. The van der Waals surface area contributed by atoms with E-state index >= 15 is 0 Å². The monoisotopic (exact) mass is 342 g/mol. The molecule has 1 aliphatic rings. The molecule has 0 atom stereocenters. The van der Waals surface area contributed by atoms with Crippen LogP contribution in [-0.2, 0) is 11.3 Å². The Kier molecular flexibility index (Phi) is 5.97. The van der Waals surface area contributed by atoms with Crippen LogP contribution in [0.4, 0.5) is 0 Å². The van der Waals surface area contributed by atoms with Gasteiger partial charge in [-0.25, -0.2) is 0 Å². The fourth-order valence-corrected chi connectivity index (χ4v) is 2.64. The van der Waals surface area contributed by atoms with Crippen molar-refractivity contribution in [3.63, 3.8) is 0 Å². The van der Waals surface area contributed by atoms with Gasteiger partial charge in [0, 0.05) is 41.4 Å². The molecular weight excluding hydrogens is 324 g/mol. The number of ether oxygens (including phenoxy) is 1. The van der Waals surface area contributed by atoms with E-state index in [-0.39, 0.29) is 12.4 Å². The summed E-state index contributed by atoms with van der Waals surface area (Å²) in [5.41, 5.74) is 1.53. The number of aliphatic hydroxyl groups excluding tert-OH is 1. The third-order valence-corrected chi connectivity index (χ3v) is 3.60. The highest BCUT2D eigenvalue weighted by molar-refractivity contribution is 9.10. The molecule has 6 heteroatoms. The lowest BCUT2D eigenvalue weighted by Gasteiger charge is -2.27. The van der Waals surface area contributed by atoms with E-state index in [4.69, 9.17) is 9.84 Å². The third kappa shape index (κ3) is 4.28. The van der Waals surface area contributed by atoms with E-state index < -0.39 is 0 Å². The quantitative estimate of drug-likeness (QED) is 0.794. The summed E-state index contributed by atoms with van der Waals surface area (Å²) in [6.45, 7) is 4.26. The Bertz CT molecular complexity index is 474. The van der Waals surface area contributed by atoms with E-state index in [1.165, 1.54) is 0 Å². The summed E-state index contributed by atoms with van der Waals surface area (Å²) in [4.78, 5) is 6.31. The summed E-state index contributed by atoms with van der Waals surface area (Å²) in [7, 11) is 0. The number of morpholine rings is 1. The number of halogens is 1. The molecule has 0 radical (unpaired) electrons. The van der Waals surface area contributed by atoms with Gasteiger partial charge in [0.1, 0.15) is 5.75 Å². The number of benzene rings is 1. The number of aliphatic hydroxyl groups is 1. The number of aromatic hydroxyl groups is 1. The van der Waals surface area contributed by atoms with Gasteiger partial charge in [-0.05, 0) is 12.1 Å². The normalized spacial score (nSPS) is 16.9. The molecule has 20 heavy (non-hydrogen) atoms. The Morgan fingerprint density at radius 1 is 1.35 bits per heavy atom. The zero-order valence-electron chi connectivity index (χ0n) is 11.3. The zero-order chi connectivity index (χ0) is 14.4. The predicted molar refractivity (Wildman–Crippen MR) is 81.4 cm³/mol. The molecular formula is C14H19BrN2O3. The van der Waals surface area contributed by atoms with Crippen molar-refractivity contribution < 1.29 is 14.9 Å². The second-order valence-corrected chi connectivity index (χ2v) is 5.57. The molecule has 1 aliphatic heterocycles. The summed E-state index contributed by atoms with van der Waals surface area (Å²) >= 11 is 3.46. The van der Waals surface area contributed by atoms with Crippen LogP contribution >= 0.6 is 15.9 Å². The van der Waals surface area contributed by atoms with Crippen LogP contribution in [0.1, 0.15) is 11.1 Å². The molecule has 0 aliphatic carbocycles. The molecule has 0 amide bonds. The minimum Gasteiger partial charge on any atom is -0.507 e. The van der Waals surface area contributed by atoms with Crippen molar-refractivity contribution in [2.45, 2.75) is 6.54 Å². The molecule has 0 spiro atoms. The van der Waals surface area contributed by atoms with E-state index in [0.29, 0.717) is 18.7 Å². The fraction of sp³-hybridized carbons (Fsp3) is 0.500. The number of phenols is 1. The molecule has 110 valence electrons. The summed E-state index contributed by atoms with van der Waals surface area (Å²) < 4.78 is 6.23. The Balaban J connectivity index is 2.15. The van der Waals surface area contributed by atoms with Crippen molar-refractivity contribution in [1.82, 2.24) is 4.90 Å². The number of hydrogen-bond acceptors (Lipinski definition) is 5. The number of aliphatic imine (C=N–C) groups is 1. The number of phenolic OH excluding ortho intramolecular Hbond substituents is 1. The Hall–Kier alpha value is -0.950. The van der Waals surface area contributed by atoms with Gasteiger partial charge in [0.25, 0.3) is 0 Å². The molecule has 1 heterocycles. The van der Waals surface area contributed by atoms with Crippen LogP contribution < -0.4 is 0 Å². The first-order valence-electron chi connectivity index (χ1n) is 6.63. The largest absolute Gasteiger partial charge is 0.507 e. The minimum absolute atomic E-state index is 0.00585. The van der Waals surface area contributed by atoms with Crippen LogP contribution in [0, 0.1) is 0 Å². The summed E-state index contributed by atoms with van der Waals surface area (Å²) in [5, 5.41) is 19.0. The van der Waals surface area contributed by atoms with Gasteiger partial charge in [-0.15, -0.1) is 0 Å². The standard InChI is InChI=1S/C14H19BrN2O3/c15-13-7-11(9-16-1-4-18)14(19)12(8-13)10-17-2-5-20-6-3-17/h7-9,18-19H,1-6,10H2. The number of rotatable bonds is 5. The first-order chi connectivity index (χ1) is 9.70. The Morgan fingerprint density at radius 2 is 2.10 bits per heavy atom. The molecule has 1 saturated heterocycles. The van der Waals surface area contributed by atoms with Crippen LogP contribution in [0.3, 0.4) is 0 Å². The van der Waals surface area contributed by atoms with Crippen molar-refractivity contribution >= 4 is 22.1 Å². The van der Waals surface area contributed by atoms with Gasteiger partial charge in [-0.3, -0.25) is 9.89 Å². The van der Waals surface area contributed by atoms with Crippen LogP contribution in [-0.4, -0.2) is 60.8 Å². The zero-order valence-corrected chi connectivity index (χ0v) is 12.8. The average Bonchev–Trinajstić information content (AvgIpc) is 2.45. The molecule has 2 rings (SSSR count). The highest BCUT2D eigenvalue weighted by Crippen LogP contribution is 2.27. The minimum atomic E-state index is 0.00585. The first kappa shape index (κ1) is 15.4. The van der Waals surface area contributed by atoms with Gasteiger partial charge >= 0.3 is 0 Å². The van der Waals surface area contributed by atoms with E-state index in [1.807, 2.05) is 12.1 Å². The smallest absolute Gasteiger partial charge is 0.128 e. The second-order valence-electron chi connectivity index (χ2n) is 4.65. The van der Waals surface area contributed by atoms with E-state index in [0.717, 1.165) is 36.3 Å². The van der Waals surface area contributed by atoms with Gasteiger partial charge < -0.3 is 14.9 Å². The van der Waals surface area contributed by atoms with Gasteiger partial charge in [0.2, 0.25) is 0 Å². The van der Waals surface area contributed by atoms with Crippen molar-refractivity contribution in [2.24, 2.45) is 4.99 Å². The molecule has 1 aromatic rings. The molecule has 1 aromatic carbocycles. The van der Waals surface area contributed by atoms with Crippen LogP contribution in [0.2, 0.25) is 0 Å². The fourth-order valence-electron chi connectivity index (χ4n) is 2.12. The number of nitrogens with zero attached hydrogens (tertiary/aromatic N) is 2. The maximum Gasteiger partial charge on any atom is 0.128 e. The van der Waals surface area contributed by atoms with Crippen molar-refractivity contribution in [3.8, 4) is 5.75 Å². The topological polar surface area (TPSA) is 65.3 Å². The first-order valence-corrected chi connectivity index (χ1v) is 7.42. The maximum absolute atomic E-state index is 10.3. The summed E-state index contributed by atoms with van der Waals surface area (Å²) in [6.07, 6.45) is 1.60. The maximum atomic E-state index is 10.3. The van der Waals surface area contributed by atoms with Crippen LogP contribution in [0.5, 0.6) is 5.75 Å². The SMILES string of the molecule is OCCN=Cc1cc(Br)cc(CN2CCOCC2)c1O. The Labute approximate surface area is 127 Å². The van der Waals surface area contributed by atoms with Gasteiger partial charge in [0.15, 0.2) is 0 Å². The second kappa shape index (κ2) is 7.73. The van der Waals surface area contributed by atoms with Gasteiger partial charge in [-0.2, -0.15) is 0 Å². The highest BCUT2D eigenvalue weighted by Gasteiger charge is 2.15. The lowest BCUT2D eigenvalue weighted by atomic mass is 10.1.